The largest absolute Gasteiger partial charge is 0.369 e. The van der Waals surface area contributed by atoms with E-state index in [0.29, 0.717) is 42.5 Å². The summed E-state index contributed by atoms with van der Waals surface area (Å²) in [5.74, 6) is 4.27. The summed E-state index contributed by atoms with van der Waals surface area (Å²) in [4.78, 5) is 10.3. The molecule has 0 saturated heterocycles. The van der Waals surface area contributed by atoms with Gasteiger partial charge in [0.2, 0.25) is 11.9 Å². The highest BCUT2D eigenvalue weighted by Gasteiger charge is 2.05. The summed E-state index contributed by atoms with van der Waals surface area (Å²) in [6, 6.07) is 6.08. The van der Waals surface area contributed by atoms with Crippen molar-refractivity contribution in [3.63, 3.8) is 0 Å². The van der Waals surface area contributed by atoms with E-state index in [0.717, 1.165) is 0 Å². The number of carbonyl (C=O) groups is 1. The number of rotatable bonds is 3. The summed E-state index contributed by atoms with van der Waals surface area (Å²) < 4.78 is 0. The molecule has 0 fully saturated rings. The van der Waals surface area contributed by atoms with Crippen LogP contribution >= 0.6 is 82.0 Å². The Morgan fingerprint density at radius 2 is 1.15 bits per heavy atom. The fraction of sp³-hybridized carbons (Fsp3) is 0.0588. The summed E-state index contributed by atoms with van der Waals surface area (Å²) in [5.41, 5.74) is 20.4. The predicted molar refractivity (Wildman–Crippen MR) is 146 cm³/mol. The number of hydrazone groups is 1. The smallest absolute Gasteiger partial charge is 0.211 e. The standard InChI is InChI=1S/C8H7Cl3N4.C7H3Cl3O.CH6N4.CH4.ClH/c9-5-1-4(3-14-15-8(12)13)7(11)6(10)2-5;8-5-1-4(3-11)7(10)6(9)2-5;2-1(3)5-4;;/h1-3H,(H4,12,13,15);1-3H;4H2,(H4,2,3,5);1H4;1H/b14-3+;;;;. The third-order valence-electron chi connectivity index (χ3n) is 2.69. The molecule has 0 bridgehead atoms. The minimum absolute atomic E-state index is 0. The topological polar surface area (TPSA) is 184 Å². The van der Waals surface area contributed by atoms with Gasteiger partial charge in [0.15, 0.2) is 6.29 Å². The molecule has 0 amide bonds. The average Bonchev–Trinajstić information content (AvgIpc) is 2.69. The van der Waals surface area contributed by atoms with E-state index in [4.69, 9.17) is 92.5 Å². The van der Waals surface area contributed by atoms with Gasteiger partial charge in [-0.25, -0.2) is 0 Å². The Balaban J connectivity index is -0.000000443. The second-order valence-corrected chi connectivity index (χ2v) is 7.47. The van der Waals surface area contributed by atoms with Crippen molar-refractivity contribution in [1.29, 1.82) is 0 Å². The van der Waals surface area contributed by atoms with Crippen LogP contribution in [0.1, 0.15) is 23.3 Å². The molecule has 0 heterocycles. The van der Waals surface area contributed by atoms with E-state index in [1.165, 1.54) is 24.4 Å². The summed E-state index contributed by atoms with van der Waals surface area (Å²) >= 11 is 34.3. The molecule has 0 spiro atoms. The molecular weight excluding hydrogens is 580 g/mol. The van der Waals surface area contributed by atoms with E-state index in [1.54, 1.807) is 6.07 Å². The molecule has 0 atom stereocenters. The van der Waals surface area contributed by atoms with Gasteiger partial charge in [-0.15, -0.1) is 22.6 Å². The Bertz CT molecular complexity index is 992. The van der Waals surface area contributed by atoms with E-state index >= 15 is 0 Å². The molecule has 16 heteroatoms. The Morgan fingerprint density at radius 1 is 0.758 bits per heavy atom. The lowest BCUT2D eigenvalue weighted by Crippen LogP contribution is -2.23. The second kappa shape index (κ2) is 18.6. The summed E-state index contributed by atoms with van der Waals surface area (Å²) in [5, 5.41) is 12.0. The Kier molecular flexibility index (Phi) is 20.1. The molecule has 33 heavy (non-hydrogen) atoms. The van der Waals surface area contributed by atoms with Gasteiger partial charge in [-0.05, 0) is 24.3 Å². The van der Waals surface area contributed by atoms with Gasteiger partial charge in [0, 0.05) is 21.2 Å². The first kappa shape index (κ1) is 35.7. The Morgan fingerprint density at radius 3 is 1.52 bits per heavy atom. The van der Waals surface area contributed by atoms with Crippen molar-refractivity contribution in [2.24, 2.45) is 44.1 Å². The van der Waals surface area contributed by atoms with Crippen molar-refractivity contribution in [2.75, 3.05) is 0 Å². The molecule has 9 nitrogen and oxygen atoms in total. The lowest BCUT2D eigenvalue weighted by atomic mass is 10.2. The number of nitrogens with zero attached hydrogens (tertiary/aromatic N) is 3. The number of guanidine groups is 2. The van der Waals surface area contributed by atoms with Crippen LogP contribution in [-0.2, 0) is 0 Å². The zero-order valence-electron chi connectivity index (χ0n) is 15.8. The van der Waals surface area contributed by atoms with Gasteiger partial charge >= 0.3 is 0 Å². The zero-order valence-corrected chi connectivity index (χ0v) is 21.1. The molecule has 0 aliphatic rings. The molecule has 2 aromatic rings. The third kappa shape index (κ3) is 14.8. The maximum absolute atomic E-state index is 10.3. The number of aldehydes is 1. The average molecular weight is 602 g/mol. The molecule has 184 valence electrons. The lowest BCUT2D eigenvalue weighted by Gasteiger charge is -2.00. The molecule has 2 aromatic carbocycles. The van der Waals surface area contributed by atoms with Gasteiger partial charge in [0.1, 0.15) is 0 Å². The summed E-state index contributed by atoms with van der Waals surface area (Å²) in [7, 11) is 0. The van der Waals surface area contributed by atoms with Gasteiger partial charge in [-0.1, -0.05) is 77.0 Å². The number of carbonyl (C=O) groups excluding carboxylic acids is 1. The highest BCUT2D eigenvalue weighted by molar-refractivity contribution is 6.45. The van der Waals surface area contributed by atoms with Gasteiger partial charge in [0.05, 0.1) is 26.3 Å². The van der Waals surface area contributed by atoms with Crippen molar-refractivity contribution in [3.05, 3.63) is 65.5 Å². The van der Waals surface area contributed by atoms with Crippen LogP contribution in [0, 0.1) is 0 Å². The molecule has 0 aromatic heterocycles. The minimum atomic E-state index is -0.143. The monoisotopic (exact) mass is 598 g/mol. The molecule has 10 N–H and O–H groups in total. The fourth-order valence-corrected chi connectivity index (χ4v) is 2.82. The van der Waals surface area contributed by atoms with Crippen LogP contribution in [-0.4, -0.2) is 24.4 Å². The molecule has 0 radical (unpaired) electrons. The number of benzene rings is 2. The quantitative estimate of drug-likeness (QED) is 0.0831. The number of hydrogen-bond donors (Lipinski definition) is 5. The van der Waals surface area contributed by atoms with Crippen molar-refractivity contribution in [3.8, 4) is 0 Å². The zero-order chi connectivity index (χ0) is 24.1. The number of halogens is 7. The normalized spacial score (nSPS) is 9.03. The molecular formula is C17H21Cl7N8O. The van der Waals surface area contributed by atoms with Crippen molar-refractivity contribution >= 4 is 106 Å². The van der Waals surface area contributed by atoms with Crippen molar-refractivity contribution < 1.29 is 4.79 Å². The summed E-state index contributed by atoms with van der Waals surface area (Å²) in [6.07, 6.45) is 1.97. The van der Waals surface area contributed by atoms with E-state index in [1.807, 2.05) is 0 Å². The van der Waals surface area contributed by atoms with E-state index in [-0.39, 0.29) is 36.8 Å². The fourth-order valence-electron chi connectivity index (χ4n) is 1.49. The molecule has 0 aliphatic carbocycles. The Hall–Kier alpha value is -1.85. The molecule has 0 unspecified atom stereocenters. The van der Waals surface area contributed by atoms with Gasteiger partial charge in [-0.2, -0.15) is 5.10 Å². The van der Waals surface area contributed by atoms with Crippen LogP contribution < -0.4 is 28.8 Å². The van der Waals surface area contributed by atoms with Crippen LogP contribution in [0.3, 0.4) is 0 Å². The van der Waals surface area contributed by atoms with Gasteiger partial charge in [-0.3, -0.25) is 4.79 Å². The predicted octanol–water partition coefficient (Wildman–Crippen LogP) is 4.90. The minimum Gasteiger partial charge on any atom is -0.369 e. The van der Waals surface area contributed by atoms with Crippen LogP contribution in [0.25, 0.3) is 0 Å². The van der Waals surface area contributed by atoms with Crippen LogP contribution in [0.5, 0.6) is 0 Å². The first-order chi connectivity index (χ1) is 14.4. The maximum Gasteiger partial charge on any atom is 0.211 e. The SMILES string of the molecule is C.Cl.NC(N)=N/N=C/c1cc(Cl)cc(Cl)c1Cl.NN=C(N)N.O=Cc1cc(Cl)cc(Cl)c1Cl. The van der Waals surface area contributed by atoms with Crippen molar-refractivity contribution in [1.82, 2.24) is 0 Å². The van der Waals surface area contributed by atoms with Gasteiger partial charge < -0.3 is 28.8 Å². The molecule has 2 rings (SSSR count). The van der Waals surface area contributed by atoms with Gasteiger partial charge in [0.25, 0.3) is 0 Å². The third-order valence-corrected chi connectivity index (χ3v) is 4.76. The Labute approximate surface area is 227 Å². The highest BCUT2D eigenvalue weighted by Crippen LogP contribution is 2.29. The lowest BCUT2D eigenvalue weighted by molar-refractivity contribution is 0.112. The maximum atomic E-state index is 10.3. The summed E-state index contributed by atoms with van der Waals surface area (Å²) in [6.45, 7) is 0. The molecule has 0 saturated carbocycles. The van der Waals surface area contributed by atoms with E-state index in [2.05, 4.69) is 21.1 Å². The first-order valence-electron chi connectivity index (χ1n) is 7.57. The first-order valence-corrected chi connectivity index (χ1v) is 9.84. The molecule has 0 aliphatic heterocycles. The number of nitrogens with two attached hydrogens (primary N) is 5. The highest BCUT2D eigenvalue weighted by atomic mass is 35.5. The van der Waals surface area contributed by atoms with E-state index in [9.17, 15) is 4.79 Å². The van der Waals surface area contributed by atoms with Crippen LogP contribution in [0.4, 0.5) is 0 Å². The van der Waals surface area contributed by atoms with Crippen LogP contribution in [0.15, 0.2) is 39.6 Å². The second-order valence-electron chi connectivity index (χ2n) is 5.02. The van der Waals surface area contributed by atoms with E-state index < -0.39 is 0 Å². The van der Waals surface area contributed by atoms with Crippen molar-refractivity contribution in [2.45, 2.75) is 7.43 Å². The van der Waals surface area contributed by atoms with Crippen LogP contribution in [0.2, 0.25) is 30.1 Å². The number of hydrogen-bond acceptors (Lipinski definition) is 5.